The SMILES string of the molecule is CCCCCC/C=C/CC/C=C/C(O)C(COP(=O)(O)OC1C(O)C(O)C(O)C(O)C1O)NC(=O)CC(O)CCCCCCC/C=C\C/C=C\CCCCCCCCCCC. The molecule has 0 saturated heterocycles. The number of hydrogen-bond donors (Lipinski definition) is 9. The van der Waals surface area contributed by atoms with Crippen molar-refractivity contribution in [2.75, 3.05) is 6.61 Å². The summed E-state index contributed by atoms with van der Waals surface area (Å²) in [7, 11) is -5.15. The van der Waals surface area contributed by atoms with Crippen LogP contribution in [0.1, 0.15) is 181 Å². The first kappa shape index (κ1) is 57.3. The van der Waals surface area contributed by atoms with Crippen LogP contribution in [-0.2, 0) is 18.4 Å². The summed E-state index contributed by atoms with van der Waals surface area (Å²) >= 11 is 0. The maximum Gasteiger partial charge on any atom is 0.472 e. The number of amides is 1. The molecule has 0 aromatic heterocycles. The minimum absolute atomic E-state index is 0.264. The molecule has 14 heteroatoms. The van der Waals surface area contributed by atoms with Gasteiger partial charge in [-0.2, -0.15) is 0 Å². The number of aliphatic hydroxyl groups is 7. The second-order valence-electron chi connectivity index (χ2n) is 16.8. The molecular weight excluding hydrogens is 801 g/mol. The second-order valence-corrected chi connectivity index (χ2v) is 18.2. The smallest absolute Gasteiger partial charge is 0.393 e. The Morgan fingerprint density at radius 1 is 0.590 bits per heavy atom. The van der Waals surface area contributed by atoms with E-state index in [1.165, 1.54) is 83.1 Å². The van der Waals surface area contributed by atoms with Gasteiger partial charge in [0.25, 0.3) is 0 Å². The molecule has 0 aromatic rings. The van der Waals surface area contributed by atoms with E-state index in [1.54, 1.807) is 6.08 Å². The number of carbonyl (C=O) groups excluding carboxylic acids is 1. The molecule has 1 saturated carbocycles. The highest BCUT2D eigenvalue weighted by atomic mass is 31.2. The van der Waals surface area contributed by atoms with E-state index in [4.69, 9.17) is 9.05 Å². The van der Waals surface area contributed by atoms with Crippen molar-refractivity contribution in [1.82, 2.24) is 5.32 Å². The van der Waals surface area contributed by atoms with E-state index in [2.05, 4.69) is 55.6 Å². The first-order valence-corrected chi connectivity index (χ1v) is 25.2. The molecule has 0 bridgehead atoms. The number of phosphoric ester groups is 1. The first-order valence-electron chi connectivity index (χ1n) is 23.7. The molecule has 61 heavy (non-hydrogen) atoms. The Morgan fingerprint density at radius 3 is 1.56 bits per heavy atom. The lowest BCUT2D eigenvalue weighted by Crippen LogP contribution is -2.64. The molecule has 1 aliphatic carbocycles. The Kier molecular flexibility index (Phi) is 34.3. The molecule has 8 unspecified atom stereocenters. The molecule has 8 atom stereocenters. The van der Waals surface area contributed by atoms with E-state index in [-0.39, 0.29) is 6.42 Å². The zero-order valence-electron chi connectivity index (χ0n) is 37.6. The summed E-state index contributed by atoms with van der Waals surface area (Å²) in [5.41, 5.74) is 0. The molecule has 1 rings (SSSR count). The highest BCUT2D eigenvalue weighted by Gasteiger charge is 2.51. The van der Waals surface area contributed by atoms with E-state index in [1.807, 2.05) is 0 Å². The van der Waals surface area contributed by atoms with Crippen LogP contribution in [0, 0.1) is 0 Å². The molecule has 0 spiro atoms. The van der Waals surface area contributed by atoms with Crippen LogP contribution in [0.15, 0.2) is 48.6 Å². The quantitative estimate of drug-likeness (QED) is 0.0164. The number of carbonyl (C=O) groups is 1. The van der Waals surface area contributed by atoms with Gasteiger partial charge in [-0.25, -0.2) is 4.57 Å². The molecule has 0 aliphatic heterocycles. The van der Waals surface area contributed by atoms with E-state index in [0.29, 0.717) is 12.8 Å². The molecule has 1 fully saturated rings. The number of nitrogens with one attached hydrogen (secondary N) is 1. The Balaban J connectivity index is 2.48. The molecule has 0 aromatic carbocycles. The maximum atomic E-state index is 13.0. The van der Waals surface area contributed by atoms with Gasteiger partial charge in [0.2, 0.25) is 5.91 Å². The lowest BCUT2D eigenvalue weighted by Gasteiger charge is -2.41. The highest BCUT2D eigenvalue weighted by Crippen LogP contribution is 2.47. The molecule has 13 nitrogen and oxygen atoms in total. The maximum absolute atomic E-state index is 13.0. The van der Waals surface area contributed by atoms with Gasteiger partial charge < -0.3 is 46.0 Å². The largest absolute Gasteiger partial charge is 0.472 e. The number of aliphatic hydroxyl groups excluding tert-OH is 7. The van der Waals surface area contributed by atoms with Crippen molar-refractivity contribution in [3.05, 3.63) is 48.6 Å². The predicted molar refractivity (Wildman–Crippen MR) is 243 cm³/mol. The van der Waals surface area contributed by atoms with E-state index in [9.17, 15) is 50.0 Å². The third-order valence-corrected chi connectivity index (χ3v) is 12.1. The summed E-state index contributed by atoms with van der Waals surface area (Å²) in [5, 5.41) is 74.3. The zero-order valence-corrected chi connectivity index (χ0v) is 38.5. The summed E-state index contributed by atoms with van der Waals surface area (Å²) < 4.78 is 22.8. The molecular formula is C47H86NO12P. The molecule has 1 aliphatic rings. The third kappa shape index (κ3) is 28.6. The van der Waals surface area contributed by atoms with Crippen molar-refractivity contribution < 1.29 is 59.0 Å². The molecule has 0 heterocycles. The Hall–Kier alpha value is -1.74. The molecule has 0 radical (unpaired) electrons. The normalized spacial score (nSPS) is 23.6. The van der Waals surface area contributed by atoms with Gasteiger partial charge in [0, 0.05) is 0 Å². The van der Waals surface area contributed by atoms with Gasteiger partial charge in [-0.3, -0.25) is 13.8 Å². The van der Waals surface area contributed by atoms with Crippen LogP contribution in [-0.4, -0.2) is 108 Å². The number of phosphoric acid groups is 1. The summed E-state index contributed by atoms with van der Waals surface area (Å²) in [6, 6.07) is -1.26. The lowest BCUT2D eigenvalue weighted by molar-refractivity contribution is -0.220. The van der Waals surface area contributed by atoms with Gasteiger partial charge in [-0.05, 0) is 64.2 Å². The van der Waals surface area contributed by atoms with E-state index < -0.39 is 75.2 Å². The van der Waals surface area contributed by atoms with Crippen molar-refractivity contribution in [3.63, 3.8) is 0 Å². The minimum Gasteiger partial charge on any atom is -0.393 e. The summed E-state index contributed by atoms with van der Waals surface area (Å²) in [6.45, 7) is 3.67. The Morgan fingerprint density at radius 2 is 1.02 bits per heavy atom. The molecule has 356 valence electrons. The van der Waals surface area contributed by atoms with E-state index in [0.717, 1.165) is 70.6 Å². The summed E-state index contributed by atoms with van der Waals surface area (Å²) in [6.07, 6.45) is 29.4. The Bertz CT molecular complexity index is 1230. The zero-order chi connectivity index (χ0) is 45.1. The van der Waals surface area contributed by atoms with Crippen LogP contribution in [0.4, 0.5) is 0 Å². The van der Waals surface area contributed by atoms with Gasteiger partial charge >= 0.3 is 7.82 Å². The standard InChI is InChI=1S/C47H86NO12P/c1-3-5-7-9-11-13-15-16-17-18-19-20-21-22-23-24-25-26-28-30-32-34-38(49)36-41(51)48-39(40(50)35-33-31-29-27-14-12-10-8-6-4-2)37-59-61(57,58)60-47-45(55)43(53)42(52)44(54)46(47)56/h14,19-20,22-23,27,33,35,38-40,42-47,49-50,52-56H,3-13,15-18,21,24-26,28-32,34,36-37H2,1-2H3,(H,48,51)(H,57,58)/b20-19-,23-22-,27-14+,35-33+. The van der Waals surface area contributed by atoms with Crippen LogP contribution >= 0.6 is 7.82 Å². The van der Waals surface area contributed by atoms with Crippen LogP contribution in [0.3, 0.4) is 0 Å². The highest BCUT2D eigenvalue weighted by molar-refractivity contribution is 7.47. The van der Waals surface area contributed by atoms with E-state index >= 15 is 0 Å². The topological polar surface area (TPSA) is 226 Å². The van der Waals surface area contributed by atoms with Gasteiger partial charge in [-0.15, -0.1) is 0 Å². The van der Waals surface area contributed by atoms with Gasteiger partial charge in [0.15, 0.2) is 0 Å². The number of rotatable bonds is 38. The summed E-state index contributed by atoms with van der Waals surface area (Å²) in [5.74, 6) is -0.614. The fourth-order valence-electron chi connectivity index (χ4n) is 7.23. The molecule has 9 N–H and O–H groups in total. The van der Waals surface area contributed by atoms with Gasteiger partial charge in [0.1, 0.15) is 36.6 Å². The van der Waals surface area contributed by atoms with Crippen molar-refractivity contribution >= 4 is 13.7 Å². The predicted octanol–water partition coefficient (Wildman–Crippen LogP) is 7.92. The van der Waals surface area contributed by atoms with Crippen molar-refractivity contribution in [2.45, 2.75) is 236 Å². The van der Waals surface area contributed by atoms with Crippen LogP contribution in [0.5, 0.6) is 0 Å². The number of hydrogen-bond acceptors (Lipinski definition) is 11. The number of unbranched alkanes of at least 4 members (excludes halogenated alkanes) is 19. The number of allylic oxidation sites excluding steroid dienone is 7. The monoisotopic (exact) mass is 888 g/mol. The lowest BCUT2D eigenvalue weighted by atomic mass is 9.85. The minimum atomic E-state index is -5.15. The van der Waals surface area contributed by atoms with Crippen LogP contribution < -0.4 is 5.32 Å². The fraction of sp³-hybridized carbons (Fsp3) is 0.809. The van der Waals surface area contributed by atoms with Gasteiger partial charge in [-0.1, -0.05) is 159 Å². The Labute approximate surface area is 368 Å². The third-order valence-electron chi connectivity index (χ3n) is 11.1. The second kappa shape index (κ2) is 36.6. The van der Waals surface area contributed by atoms with Crippen LogP contribution in [0.2, 0.25) is 0 Å². The average molecular weight is 888 g/mol. The fourth-order valence-corrected chi connectivity index (χ4v) is 8.19. The van der Waals surface area contributed by atoms with Gasteiger partial charge in [0.05, 0.1) is 31.3 Å². The summed E-state index contributed by atoms with van der Waals surface area (Å²) in [4.78, 5) is 23.4. The molecule has 1 amide bonds. The first-order chi connectivity index (χ1) is 29.3. The average Bonchev–Trinajstić information content (AvgIpc) is 3.23. The van der Waals surface area contributed by atoms with Crippen molar-refractivity contribution in [1.29, 1.82) is 0 Å². The van der Waals surface area contributed by atoms with Crippen LogP contribution in [0.25, 0.3) is 0 Å². The van der Waals surface area contributed by atoms with Crippen molar-refractivity contribution in [2.24, 2.45) is 0 Å². The van der Waals surface area contributed by atoms with Crippen molar-refractivity contribution in [3.8, 4) is 0 Å².